The van der Waals surface area contributed by atoms with Crippen LogP contribution in [-0.4, -0.2) is 71.5 Å². The van der Waals surface area contributed by atoms with Crippen LogP contribution in [0.1, 0.15) is 26.7 Å². The number of piperazine rings is 1. The minimum atomic E-state index is -0.187. The van der Waals surface area contributed by atoms with Gasteiger partial charge >= 0.3 is 0 Å². The van der Waals surface area contributed by atoms with Gasteiger partial charge in [-0.15, -0.1) is 0 Å². The van der Waals surface area contributed by atoms with Gasteiger partial charge in [0.15, 0.2) is 0 Å². The van der Waals surface area contributed by atoms with Gasteiger partial charge in [0.05, 0.1) is 12.2 Å². The Bertz CT molecular complexity index is 162. The molecule has 0 saturated carbocycles. The molecule has 0 aliphatic carbocycles. The molecule has 0 aromatic heterocycles. The zero-order valence-corrected chi connectivity index (χ0v) is 10.6. The van der Waals surface area contributed by atoms with E-state index in [-0.39, 0.29) is 12.2 Å². The minimum absolute atomic E-state index is 0.187. The molecule has 2 N–H and O–H groups in total. The summed E-state index contributed by atoms with van der Waals surface area (Å²) in [6.07, 6.45) is 1.28. The zero-order valence-electron chi connectivity index (χ0n) is 10.6. The third kappa shape index (κ3) is 4.78. The van der Waals surface area contributed by atoms with Crippen molar-refractivity contribution >= 4 is 0 Å². The summed E-state index contributed by atoms with van der Waals surface area (Å²) in [5.41, 5.74) is 0. The van der Waals surface area contributed by atoms with Crippen molar-refractivity contribution in [1.29, 1.82) is 0 Å². The number of aliphatic hydroxyl groups excluding tert-OH is 2. The topological polar surface area (TPSA) is 46.9 Å². The van der Waals surface area contributed by atoms with E-state index in [0.717, 1.165) is 52.1 Å². The highest BCUT2D eigenvalue weighted by molar-refractivity contribution is 4.75. The van der Waals surface area contributed by atoms with Crippen molar-refractivity contribution in [1.82, 2.24) is 9.80 Å². The number of β-amino-alcohol motifs (C(OH)–C–C–N with tert-alkyl or cyclic N) is 2. The number of rotatable bonds is 6. The standard InChI is InChI=1S/C12H26N2O2/c1-3-11(15)9-13-5-7-14(8-6-13)10-12(16)4-2/h11-12,15-16H,3-10H2,1-2H3. The van der Waals surface area contributed by atoms with E-state index >= 15 is 0 Å². The first-order chi connectivity index (χ1) is 7.65. The number of hydrogen-bond acceptors (Lipinski definition) is 4. The zero-order chi connectivity index (χ0) is 12.0. The summed E-state index contributed by atoms with van der Waals surface area (Å²) in [5, 5.41) is 19.1. The summed E-state index contributed by atoms with van der Waals surface area (Å²) in [7, 11) is 0. The van der Waals surface area contributed by atoms with Crippen LogP contribution in [0.25, 0.3) is 0 Å². The molecular formula is C12H26N2O2. The van der Waals surface area contributed by atoms with Gasteiger partial charge in [-0.25, -0.2) is 0 Å². The molecule has 0 radical (unpaired) electrons. The van der Waals surface area contributed by atoms with Crippen molar-refractivity contribution in [2.24, 2.45) is 0 Å². The Kier molecular flexibility index (Phi) is 6.28. The monoisotopic (exact) mass is 230 g/mol. The third-order valence-corrected chi connectivity index (χ3v) is 3.35. The fourth-order valence-electron chi connectivity index (χ4n) is 2.01. The summed E-state index contributed by atoms with van der Waals surface area (Å²) >= 11 is 0. The van der Waals surface area contributed by atoms with Crippen LogP contribution in [0.3, 0.4) is 0 Å². The first-order valence-electron chi connectivity index (χ1n) is 6.46. The maximum absolute atomic E-state index is 9.56. The lowest BCUT2D eigenvalue weighted by molar-refractivity contribution is 0.0471. The molecule has 0 bridgehead atoms. The smallest absolute Gasteiger partial charge is 0.0664 e. The molecular weight excluding hydrogens is 204 g/mol. The van der Waals surface area contributed by atoms with Gasteiger partial charge in [-0.05, 0) is 12.8 Å². The maximum atomic E-state index is 9.56. The van der Waals surface area contributed by atoms with E-state index in [1.165, 1.54) is 0 Å². The van der Waals surface area contributed by atoms with Crippen molar-refractivity contribution in [3.63, 3.8) is 0 Å². The Labute approximate surface area is 98.9 Å². The molecule has 1 fully saturated rings. The summed E-state index contributed by atoms with van der Waals surface area (Å²) in [4.78, 5) is 4.62. The summed E-state index contributed by atoms with van der Waals surface area (Å²) < 4.78 is 0. The summed E-state index contributed by atoms with van der Waals surface area (Å²) in [6, 6.07) is 0. The van der Waals surface area contributed by atoms with Crippen molar-refractivity contribution in [3.05, 3.63) is 0 Å². The molecule has 1 aliphatic rings. The van der Waals surface area contributed by atoms with Gasteiger partial charge in [-0.3, -0.25) is 9.80 Å². The molecule has 1 heterocycles. The predicted octanol–water partition coefficient (Wildman–Crippen LogP) is 0.146. The lowest BCUT2D eigenvalue weighted by Gasteiger charge is -2.36. The SMILES string of the molecule is CCC(O)CN1CCN(CC(O)CC)CC1. The number of aliphatic hydroxyl groups is 2. The molecule has 0 amide bonds. The van der Waals surface area contributed by atoms with Crippen LogP contribution < -0.4 is 0 Å². The quantitative estimate of drug-likeness (QED) is 0.682. The van der Waals surface area contributed by atoms with Crippen LogP contribution in [-0.2, 0) is 0 Å². The Balaban J connectivity index is 2.18. The van der Waals surface area contributed by atoms with E-state index in [1.54, 1.807) is 0 Å². The van der Waals surface area contributed by atoms with Gasteiger partial charge in [-0.1, -0.05) is 13.8 Å². The van der Waals surface area contributed by atoms with Crippen LogP contribution in [0.5, 0.6) is 0 Å². The Morgan fingerprint density at radius 2 is 1.12 bits per heavy atom. The van der Waals surface area contributed by atoms with Gasteiger partial charge in [0.2, 0.25) is 0 Å². The van der Waals surface area contributed by atoms with Crippen LogP contribution in [0.2, 0.25) is 0 Å². The fourth-order valence-corrected chi connectivity index (χ4v) is 2.01. The van der Waals surface area contributed by atoms with Crippen molar-refractivity contribution < 1.29 is 10.2 Å². The normalized spacial score (nSPS) is 23.2. The van der Waals surface area contributed by atoms with E-state index in [1.807, 2.05) is 13.8 Å². The van der Waals surface area contributed by atoms with Crippen molar-refractivity contribution in [2.75, 3.05) is 39.3 Å². The van der Waals surface area contributed by atoms with E-state index in [4.69, 9.17) is 0 Å². The lowest BCUT2D eigenvalue weighted by atomic mass is 10.2. The van der Waals surface area contributed by atoms with Gasteiger partial charge in [-0.2, -0.15) is 0 Å². The average Bonchev–Trinajstić information content (AvgIpc) is 2.31. The van der Waals surface area contributed by atoms with Crippen molar-refractivity contribution in [2.45, 2.75) is 38.9 Å². The molecule has 0 spiro atoms. The highest BCUT2D eigenvalue weighted by atomic mass is 16.3. The second-order valence-electron chi connectivity index (χ2n) is 4.73. The summed E-state index contributed by atoms with van der Waals surface area (Å²) in [6.45, 7) is 9.64. The Hall–Kier alpha value is -0.160. The Morgan fingerprint density at radius 3 is 1.38 bits per heavy atom. The molecule has 4 nitrogen and oxygen atoms in total. The minimum Gasteiger partial charge on any atom is -0.392 e. The Morgan fingerprint density at radius 1 is 0.812 bits per heavy atom. The van der Waals surface area contributed by atoms with Crippen molar-refractivity contribution in [3.8, 4) is 0 Å². The van der Waals surface area contributed by atoms with E-state index in [0.29, 0.717) is 0 Å². The number of nitrogens with zero attached hydrogens (tertiary/aromatic N) is 2. The van der Waals surface area contributed by atoms with E-state index in [9.17, 15) is 10.2 Å². The molecule has 1 saturated heterocycles. The van der Waals surface area contributed by atoms with Crippen LogP contribution in [0.15, 0.2) is 0 Å². The fraction of sp³-hybridized carbons (Fsp3) is 1.00. The molecule has 0 aromatic carbocycles. The molecule has 1 aliphatic heterocycles. The second kappa shape index (κ2) is 7.22. The molecule has 2 unspecified atom stereocenters. The van der Waals surface area contributed by atoms with E-state index < -0.39 is 0 Å². The molecule has 1 rings (SSSR count). The predicted molar refractivity (Wildman–Crippen MR) is 65.5 cm³/mol. The highest BCUT2D eigenvalue weighted by Crippen LogP contribution is 2.05. The maximum Gasteiger partial charge on any atom is 0.0664 e. The average molecular weight is 230 g/mol. The molecule has 0 aromatic rings. The van der Waals surface area contributed by atoms with E-state index in [2.05, 4.69) is 9.80 Å². The molecule has 2 atom stereocenters. The summed E-state index contributed by atoms with van der Waals surface area (Å²) in [5.74, 6) is 0. The van der Waals surface area contributed by atoms with Gasteiger partial charge < -0.3 is 10.2 Å². The van der Waals surface area contributed by atoms with Crippen LogP contribution in [0, 0.1) is 0 Å². The van der Waals surface area contributed by atoms with Gasteiger partial charge in [0.25, 0.3) is 0 Å². The second-order valence-corrected chi connectivity index (χ2v) is 4.73. The largest absolute Gasteiger partial charge is 0.392 e. The van der Waals surface area contributed by atoms with Gasteiger partial charge in [0, 0.05) is 39.3 Å². The first kappa shape index (κ1) is 13.9. The van der Waals surface area contributed by atoms with Crippen LogP contribution in [0.4, 0.5) is 0 Å². The number of hydrogen-bond donors (Lipinski definition) is 2. The first-order valence-corrected chi connectivity index (χ1v) is 6.46. The highest BCUT2D eigenvalue weighted by Gasteiger charge is 2.19. The molecule has 96 valence electrons. The third-order valence-electron chi connectivity index (χ3n) is 3.35. The van der Waals surface area contributed by atoms with Crippen LogP contribution >= 0.6 is 0 Å². The van der Waals surface area contributed by atoms with Gasteiger partial charge in [0.1, 0.15) is 0 Å². The molecule has 4 heteroatoms. The molecule has 16 heavy (non-hydrogen) atoms. The lowest BCUT2D eigenvalue weighted by Crippen LogP contribution is -2.50.